The van der Waals surface area contributed by atoms with Crippen LogP contribution in [-0.4, -0.2) is 58.8 Å². The molecule has 1 aliphatic heterocycles. The van der Waals surface area contributed by atoms with Crippen molar-refractivity contribution in [3.8, 4) is 0 Å². The Morgan fingerprint density at radius 1 is 1.38 bits per heavy atom. The van der Waals surface area contributed by atoms with E-state index in [0.29, 0.717) is 6.54 Å². The second kappa shape index (κ2) is 6.15. The van der Waals surface area contributed by atoms with Crippen LogP contribution in [-0.2, 0) is 9.53 Å². The molecule has 0 aromatic heterocycles. The summed E-state index contributed by atoms with van der Waals surface area (Å²) < 4.78 is 5.07. The van der Waals surface area contributed by atoms with Crippen LogP contribution in [0, 0.1) is 0 Å². The molecule has 0 aromatic rings. The molecule has 4 atom stereocenters. The van der Waals surface area contributed by atoms with E-state index in [4.69, 9.17) is 9.84 Å². The zero-order chi connectivity index (χ0) is 12.1. The molecule has 94 valence electrons. The number of nitrogens with one attached hydrogen (secondary N) is 1. The molecule has 6 nitrogen and oxygen atoms in total. The number of carbonyl (C=O) groups is 1. The van der Waals surface area contributed by atoms with E-state index in [1.165, 1.54) is 0 Å². The molecule has 16 heavy (non-hydrogen) atoms. The number of rotatable bonds is 5. The summed E-state index contributed by atoms with van der Waals surface area (Å²) in [5, 5.41) is 30.4. The average molecular weight is 233 g/mol. The molecule has 1 saturated heterocycles. The molecule has 0 bridgehead atoms. The fraction of sp³-hybridized carbons (Fsp3) is 0.900. The maximum atomic E-state index is 11.5. The molecule has 1 amide bonds. The number of hydrogen-bond acceptors (Lipinski definition) is 5. The molecule has 6 heteroatoms. The number of aliphatic hydroxyl groups is 3. The van der Waals surface area contributed by atoms with Gasteiger partial charge in [-0.15, -0.1) is 0 Å². The summed E-state index contributed by atoms with van der Waals surface area (Å²) >= 11 is 0. The lowest BCUT2D eigenvalue weighted by atomic mass is 10.1. The van der Waals surface area contributed by atoms with E-state index in [-0.39, 0.29) is 0 Å². The van der Waals surface area contributed by atoms with E-state index in [1.807, 2.05) is 6.92 Å². The van der Waals surface area contributed by atoms with Gasteiger partial charge in [0.15, 0.2) is 6.10 Å². The molecular weight excluding hydrogens is 214 g/mol. The molecule has 0 radical (unpaired) electrons. The van der Waals surface area contributed by atoms with Gasteiger partial charge in [-0.25, -0.2) is 0 Å². The Morgan fingerprint density at radius 3 is 2.56 bits per heavy atom. The average Bonchev–Trinajstić information content (AvgIpc) is 2.56. The number of ether oxygens (including phenoxy) is 1. The van der Waals surface area contributed by atoms with Crippen LogP contribution in [0.4, 0.5) is 0 Å². The van der Waals surface area contributed by atoms with Gasteiger partial charge < -0.3 is 25.4 Å². The van der Waals surface area contributed by atoms with Gasteiger partial charge in [-0.3, -0.25) is 4.79 Å². The van der Waals surface area contributed by atoms with Crippen LogP contribution in [0.1, 0.15) is 19.8 Å². The Balaban J connectivity index is 2.44. The van der Waals surface area contributed by atoms with E-state index in [9.17, 15) is 15.0 Å². The summed E-state index contributed by atoms with van der Waals surface area (Å²) in [5.74, 6) is -0.448. The number of unbranched alkanes of at least 4 members (excludes halogenated alkanes) is 1. The number of carbonyl (C=O) groups excluding carboxylic acids is 1. The zero-order valence-electron chi connectivity index (χ0n) is 9.30. The van der Waals surface area contributed by atoms with Crippen LogP contribution >= 0.6 is 0 Å². The lowest BCUT2D eigenvalue weighted by Gasteiger charge is -2.14. The maximum absolute atomic E-state index is 11.5. The third-order valence-electron chi connectivity index (χ3n) is 2.63. The SMILES string of the molecule is CCCCNC(=O)[C@@H]1O[C@H](CO)[C@@H](O)[C@@H]1O. The summed E-state index contributed by atoms with van der Waals surface area (Å²) in [5.41, 5.74) is 0. The molecule has 0 unspecified atom stereocenters. The minimum Gasteiger partial charge on any atom is -0.394 e. The van der Waals surface area contributed by atoms with Crippen LogP contribution in [0.3, 0.4) is 0 Å². The van der Waals surface area contributed by atoms with Gasteiger partial charge in [-0.05, 0) is 6.42 Å². The Morgan fingerprint density at radius 2 is 2.06 bits per heavy atom. The normalized spacial score (nSPS) is 34.0. The fourth-order valence-electron chi connectivity index (χ4n) is 1.61. The van der Waals surface area contributed by atoms with Crippen molar-refractivity contribution in [2.45, 2.75) is 44.2 Å². The van der Waals surface area contributed by atoms with Gasteiger partial charge in [0.05, 0.1) is 6.61 Å². The topological polar surface area (TPSA) is 99.0 Å². The Kier molecular flexibility index (Phi) is 5.14. The van der Waals surface area contributed by atoms with Crippen molar-refractivity contribution in [2.75, 3.05) is 13.2 Å². The predicted molar refractivity (Wildman–Crippen MR) is 55.7 cm³/mol. The molecule has 0 spiro atoms. The smallest absolute Gasteiger partial charge is 0.251 e. The second-order valence-electron chi connectivity index (χ2n) is 3.90. The van der Waals surface area contributed by atoms with Crippen molar-refractivity contribution in [3.05, 3.63) is 0 Å². The van der Waals surface area contributed by atoms with Crippen LogP contribution in [0.15, 0.2) is 0 Å². The standard InChI is InChI=1S/C10H19NO5/c1-2-3-4-11-10(15)9-8(14)7(13)6(5-12)16-9/h6-9,12-14H,2-5H2,1H3,(H,11,15)/t6-,7-,8+,9-/m1/s1. The first-order valence-electron chi connectivity index (χ1n) is 5.52. The van der Waals surface area contributed by atoms with Gasteiger partial charge >= 0.3 is 0 Å². The summed E-state index contributed by atoms with van der Waals surface area (Å²) in [6.07, 6.45) is -2.68. The van der Waals surface area contributed by atoms with Crippen molar-refractivity contribution < 1.29 is 24.9 Å². The summed E-state index contributed by atoms with van der Waals surface area (Å²) in [4.78, 5) is 11.5. The van der Waals surface area contributed by atoms with Gasteiger partial charge in [-0.2, -0.15) is 0 Å². The lowest BCUT2D eigenvalue weighted by molar-refractivity contribution is -0.136. The number of amides is 1. The van der Waals surface area contributed by atoms with Crippen molar-refractivity contribution in [1.29, 1.82) is 0 Å². The molecular formula is C10H19NO5. The van der Waals surface area contributed by atoms with E-state index >= 15 is 0 Å². The summed E-state index contributed by atoms with van der Waals surface area (Å²) in [6.45, 7) is 2.09. The van der Waals surface area contributed by atoms with Crippen molar-refractivity contribution in [2.24, 2.45) is 0 Å². The van der Waals surface area contributed by atoms with Gasteiger partial charge in [-0.1, -0.05) is 13.3 Å². The van der Waals surface area contributed by atoms with Crippen LogP contribution in [0.5, 0.6) is 0 Å². The first-order valence-corrected chi connectivity index (χ1v) is 5.52. The van der Waals surface area contributed by atoms with E-state index in [2.05, 4.69) is 5.32 Å². The predicted octanol–water partition coefficient (Wildman–Crippen LogP) is -1.62. The first kappa shape index (κ1) is 13.4. The van der Waals surface area contributed by atoms with E-state index in [0.717, 1.165) is 12.8 Å². The lowest BCUT2D eigenvalue weighted by Crippen LogP contribution is -2.43. The highest BCUT2D eigenvalue weighted by Crippen LogP contribution is 2.21. The van der Waals surface area contributed by atoms with Crippen LogP contribution < -0.4 is 5.32 Å². The molecule has 1 rings (SSSR count). The maximum Gasteiger partial charge on any atom is 0.251 e. The first-order chi connectivity index (χ1) is 7.61. The third kappa shape index (κ3) is 2.91. The molecule has 1 heterocycles. The highest BCUT2D eigenvalue weighted by Gasteiger charge is 2.45. The van der Waals surface area contributed by atoms with Crippen molar-refractivity contribution >= 4 is 5.91 Å². The van der Waals surface area contributed by atoms with Gasteiger partial charge in [0.1, 0.15) is 18.3 Å². The monoisotopic (exact) mass is 233 g/mol. The van der Waals surface area contributed by atoms with Crippen LogP contribution in [0.2, 0.25) is 0 Å². The molecule has 0 saturated carbocycles. The van der Waals surface area contributed by atoms with E-state index < -0.39 is 36.9 Å². The molecule has 1 fully saturated rings. The van der Waals surface area contributed by atoms with Gasteiger partial charge in [0.25, 0.3) is 5.91 Å². The minimum atomic E-state index is -1.28. The quantitative estimate of drug-likeness (QED) is 0.428. The number of aliphatic hydroxyl groups excluding tert-OH is 3. The molecule has 4 N–H and O–H groups in total. The van der Waals surface area contributed by atoms with Gasteiger partial charge in [0, 0.05) is 6.54 Å². The highest BCUT2D eigenvalue weighted by molar-refractivity contribution is 5.81. The fourth-order valence-corrected chi connectivity index (χ4v) is 1.61. The molecule has 0 aliphatic carbocycles. The Hall–Kier alpha value is -0.690. The van der Waals surface area contributed by atoms with Crippen molar-refractivity contribution in [1.82, 2.24) is 5.32 Å². The molecule has 1 aliphatic rings. The Labute approximate surface area is 94.2 Å². The van der Waals surface area contributed by atoms with Crippen molar-refractivity contribution in [3.63, 3.8) is 0 Å². The largest absolute Gasteiger partial charge is 0.394 e. The third-order valence-corrected chi connectivity index (χ3v) is 2.63. The minimum absolute atomic E-state index is 0.420. The zero-order valence-corrected chi connectivity index (χ0v) is 9.30. The summed E-state index contributed by atoms with van der Waals surface area (Å²) in [7, 11) is 0. The van der Waals surface area contributed by atoms with E-state index in [1.54, 1.807) is 0 Å². The Bertz CT molecular complexity index is 235. The molecule has 0 aromatic carbocycles. The summed E-state index contributed by atoms with van der Waals surface area (Å²) in [6, 6.07) is 0. The highest BCUT2D eigenvalue weighted by atomic mass is 16.6. The van der Waals surface area contributed by atoms with Crippen LogP contribution in [0.25, 0.3) is 0 Å². The number of hydrogen-bond donors (Lipinski definition) is 4. The second-order valence-corrected chi connectivity index (χ2v) is 3.90. The van der Waals surface area contributed by atoms with Gasteiger partial charge in [0.2, 0.25) is 0 Å².